The van der Waals surface area contributed by atoms with E-state index < -0.39 is 27.1 Å². The van der Waals surface area contributed by atoms with E-state index in [2.05, 4.69) is 5.10 Å². The molecule has 0 bridgehead atoms. The van der Waals surface area contributed by atoms with Gasteiger partial charge in [-0.25, -0.2) is 21.9 Å². The minimum atomic E-state index is -3.35. The second-order valence-corrected chi connectivity index (χ2v) is 10.8. The van der Waals surface area contributed by atoms with Crippen molar-refractivity contribution in [1.82, 2.24) is 9.78 Å². The van der Waals surface area contributed by atoms with Crippen LogP contribution < -0.4 is 0 Å². The summed E-state index contributed by atoms with van der Waals surface area (Å²) in [6.45, 7) is 4.97. The fraction of sp³-hybridized carbons (Fsp3) is 0.192. The van der Waals surface area contributed by atoms with E-state index in [1.165, 1.54) is 16.8 Å². The highest BCUT2D eigenvalue weighted by Crippen LogP contribution is 2.33. The third kappa shape index (κ3) is 4.51. The monoisotopic (exact) mass is 482 g/mol. The van der Waals surface area contributed by atoms with Gasteiger partial charge in [0, 0.05) is 11.8 Å². The molecule has 0 radical (unpaired) electrons. The summed E-state index contributed by atoms with van der Waals surface area (Å²) in [4.78, 5) is 0.220. The summed E-state index contributed by atoms with van der Waals surface area (Å²) >= 11 is 0. The number of hydrogen-bond acceptors (Lipinski definition) is 4. The van der Waals surface area contributed by atoms with Crippen molar-refractivity contribution in [2.45, 2.75) is 31.3 Å². The number of hydrogen-bond donors (Lipinski definition) is 1. The number of benzene rings is 3. The Morgan fingerprint density at radius 2 is 1.62 bits per heavy atom. The summed E-state index contributed by atoms with van der Waals surface area (Å²) < 4.78 is 54.0. The van der Waals surface area contributed by atoms with Crippen LogP contribution in [0.2, 0.25) is 0 Å². The minimum Gasteiger partial charge on any atom is -0.384 e. The minimum absolute atomic E-state index is 0.0207. The number of nitrogens with zero attached hydrogens (tertiary/aromatic N) is 2. The second-order valence-electron chi connectivity index (χ2n) is 8.79. The quantitative estimate of drug-likeness (QED) is 0.412. The molecule has 0 aliphatic carbocycles. The number of rotatable bonds is 5. The van der Waals surface area contributed by atoms with E-state index in [9.17, 15) is 22.3 Å². The van der Waals surface area contributed by atoms with E-state index in [0.29, 0.717) is 17.1 Å². The summed E-state index contributed by atoms with van der Waals surface area (Å²) in [7, 11) is -3.35. The van der Waals surface area contributed by atoms with Crippen molar-refractivity contribution >= 4 is 9.84 Å². The molecule has 3 aromatic carbocycles. The van der Waals surface area contributed by atoms with Crippen LogP contribution in [-0.4, -0.2) is 29.6 Å². The van der Waals surface area contributed by atoms with Crippen molar-refractivity contribution in [2.24, 2.45) is 0 Å². The fourth-order valence-electron chi connectivity index (χ4n) is 3.74. The van der Waals surface area contributed by atoms with Gasteiger partial charge in [-0.2, -0.15) is 5.10 Å². The van der Waals surface area contributed by atoms with E-state index in [1.807, 2.05) is 19.1 Å². The summed E-state index contributed by atoms with van der Waals surface area (Å²) in [5.41, 5.74) is 2.21. The summed E-state index contributed by atoms with van der Waals surface area (Å²) in [5, 5.41) is 15.0. The molecule has 1 aromatic heterocycles. The fourth-order valence-corrected chi connectivity index (χ4v) is 4.40. The zero-order valence-electron chi connectivity index (χ0n) is 19.2. The molecule has 1 heterocycles. The Balaban J connectivity index is 1.87. The maximum atomic E-state index is 14.7. The number of aromatic nitrogens is 2. The molecule has 34 heavy (non-hydrogen) atoms. The number of aliphatic hydroxyl groups is 1. The van der Waals surface area contributed by atoms with E-state index in [-0.39, 0.29) is 10.5 Å². The molecule has 0 unspecified atom stereocenters. The molecular weight excluding hydrogens is 458 g/mol. The Morgan fingerprint density at radius 1 is 0.941 bits per heavy atom. The Labute approximate surface area is 197 Å². The summed E-state index contributed by atoms with van der Waals surface area (Å²) in [6.07, 6.45) is 1.16. The van der Waals surface area contributed by atoms with Crippen molar-refractivity contribution in [2.75, 3.05) is 6.26 Å². The van der Waals surface area contributed by atoms with Crippen molar-refractivity contribution in [3.8, 4) is 28.1 Å². The lowest BCUT2D eigenvalue weighted by atomic mass is 10.0. The molecule has 1 N–H and O–H groups in total. The number of halogens is 2. The molecule has 4 rings (SSSR count). The number of aryl methyl sites for hydroxylation is 1. The predicted octanol–water partition coefficient (Wildman–Crippen LogP) is 5.42. The van der Waals surface area contributed by atoms with Gasteiger partial charge in [0.1, 0.15) is 5.60 Å². The molecule has 176 valence electrons. The average Bonchev–Trinajstić information content (AvgIpc) is 3.20. The maximum Gasteiger partial charge on any atom is 0.175 e. The first-order valence-electron chi connectivity index (χ1n) is 10.5. The normalized spacial score (nSPS) is 12.2. The Morgan fingerprint density at radius 3 is 2.26 bits per heavy atom. The van der Waals surface area contributed by atoms with Crippen molar-refractivity contribution in [3.63, 3.8) is 0 Å². The molecule has 0 amide bonds. The standard InChI is InChI=1S/C26H24F2N2O3S/c1-16-13-18(17-7-5-8-19(14-17)34(4,32)33)11-12-22(16)30-23(15-24(29-30)26(2,3)31)20-9-6-10-21(27)25(20)28/h5-15,31H,1-4H3. The van der Waals surface area contributed by atoms with Crippen LogP contribution >= 0.6 is 0 Å². The van der Waals surface area contributed by atoms with Crippen LogP contribution in [-0.2, 0) is 15.4 Å². The van der Waals surface area contributed by atoms with E-state index in [0.717, 1.165) is 29.0 Å². The molecule has 0 atom stereocenters. The van der Waals surface area contributed by atoms with E-state index in [4.69, 9.17) is 0 Å². The highest BCUT2D eigenvalue weighted by Gasteiger charge is 2.25. The first-order valence-corrected chi connectivity index (χ1v) is 12.4. The Bertz CT molecular complexity index is 1500. The van der Waals surface area contributed by atoms with Gasteiger partial charge >= 0.3 is 0 Å². The van der Waals surface area contributed by atoms with Gasteiger partial charge in [-0.15, -0.1) is 0 Å². The van der Waals surface area contributed by atoms with Crippen molar-refractivity contribution in [1.29, 1.82) is 0 Å². The zero-order valence-corrected chi connectivity index (χ0v) is 20.0. The highest BCUT2D eigenvalue weighted by atomic mass is 32.2. The zero-order chi connectivity index (χ0) is 24.8. The maximum absolute atomic E-state index is 14.7. The van der Waals surface area contributed by atoms with Crippen LogP contribution in [0.1, 0.15) is 25.1 Å². The molecule has 8 heteroatoms. The van der Waals surface area contributed by atoms with Gasteiger partial charge in [-0.3, -0.25) is 0 Å². The lowest BCUT2D eigenvalue weighted by Gasteiger charge is -2.14. The molecule has 0 fully saturated rings. The smallest absolute Gasteiger partial charge is 0.175 e. The molecule has 0 aliphatic rings. The molecule has 0 spiro atoms. The molecule has 0 saturated heterocycles. The molecule has 0 saturated carbocycles. The third-order valence-electron chi connectivity index (χ3n) is 5.58. The average molecular weight is 483 g/mol. The van der Waals surface area contributed by atoms with Crippen LogP contribution in [0.25, 0.3) is 28.1 Å². The van der Waals surface area contributed by atoms with Crippen molar-refractivity contribution < 1.29 is 22.3 Å². The van der Waals surface area contributed by atoms with Crippen LogP contribution in [0.5, 0.6) is 0 Å². The number of sulfone groups is 1. The van der Waals surface area contributed by atoms with Crippen molar-refractivity contribution in [3.05, 3.63) is 89.6 Å². The van der Waals surface area contributed by atoms with Crippen LogP contribution in [0.15, 0.2) is 71.6 Å². The second kappa shape index (κ2) is 8.45. The molecule has 4 aromatic rings. The first kappa shape index (κ1) is 23.8. The van der Waals surface area contributed by atoms with Crippen LogP contribution in [0.4, 0.5) is 8.78 Å². The van der Waals surface area contributed by atoms with Gasteiger partial charge < -0.3 is 5.11 Å². The lowest BCUT2D eigenvalue weighted by molar-refractivity contribution is 0.0734. The van der Waals surface area contributed by atoms with E-state index >= 15 is 0 Å². The summed E-state index contributed by atoms with van der Waals surface area (Å²) in [6, 6.07) is 17.6. The van der Waals surface area contributed by atoms with Gasteiger partial charge in [0.05, 0.1) is 22.0 Å². The van der Waals surface area contributed by atoms with Gasteiger partial charge in [0.2, 0.25) is 0 Å². The van der Waals surface area contributed by atoms with E-state index in [1.54, 1.807) is 50.2 Å². The molecule has 5 nitrogen and oxygen atoms in total. The highest BCUT2D eigenvalue weighted by molar-refractivity contribution is 7.90. The van der Waals surface area contributed by atoms with Gasteiger partial charge in [-0.05, 0) is 79.9 Å². The SMILES string of the molecule is Cc1cc(-c2cccc(S(C)(=O)=O)c2)ccc1-n1nc(C(C)(C)O)cc1-c1cccc(F)c1F. The predicted molar refractivity (Wildman–Crippen MR) is 127 cm³/mol. The Kier molecular flexibility index (Phi) is 5.91. The largest absolute Gasteiger partial charge is 0.384 e. The Hall–Kier alpha value is -3.36. The first-order chi connectivity index (χ1) is 15.9. The third-order valence-corrected chi connectivity index (χ3v) is 6.69. The lowest BCUT2D eigenvalue weighted by Crippen LogP contribution is -2.16. The topological polar surface area (TPSA) is 72.2 Å². The van der Waals surface area contributed by atoms with Gasteiger partial charge in [0.15, 0.2) is 21.5 Å². The van der Waals surface area contributed by atoms with Crippen LogP contribution in [0, 0.1) is 18.6 Å². The van der Waals surface area contributed by atoms with Crippen LogP contribution in [0.3, 0.4) is 0 Å². The summed E-state index contributed by atoms with van der Waals surface area (Å²) in [5.74, 6) is -1.98. The van der Waals surface area contributed by atoms with Gasteiger partial charge in [-0.1, -0.05) is 24.3 Å². The molecule has 0 aliphatic heterocycles. The molecular formula is C26H24F2N2O3S. The van der Waals surface area contributed by atoms with Gasteiger partial charge in [0.25, 0.3) is 0 Å².